The Bertz CT molecular complexity index is 892. The van der Waals surface area contributed by atoms with Gasteiger partial charge >= 0.3 is 5.97 Å². The Hall–Kier alpha value is -2.49. The quantitative estimate of drug-likeness (QED) is 0.548. The van der Waals surface area contributed by atoms with Gasteiger partial charge in [0.05, 0.1) is 24.9 Å². The number of esters is 1. The zero-order valence-corrected chi connectivity index (χ0v) is 15.7. The number of nitrogens with one attached hydrogen (secondary N) is 1. The average Bonchev–Trinajstić information content (AvgIpc) is 3.16. The molecule has 0 saturated carbocycles. The number of para-hydroxylation sites is 1. The first-order valence-corrected chi connectivity index (χ1v) is 9.84. The van der Waals surface area contributed by atoms with Crippen molar-refractivity contribution < 1.29 is 22.7 Å². The minimum Gasteiger partial charge on any atom is -0.465 e. The average molecular weight is 394 g/mol. The van der Waals surface area contributed by atoms with Crippen LogP contribution in [0.15, 0.2) is 58.6 Å². The van der Waals surface area contributed by atoms with Gasteiger partial charge in [-0.1, -0.05) is 24.3 Å². The highest BCUT2D eigenvalue weighted by Gasteiger charge is 2.27. The zero-order valence-electron chi connectivity index (χ0n) is 14.0. The number of carbonyl (C=O) groups is 2. The first-order valence-electron chi connectivity index (χ1n) is 7.52. The number of amides is 1. The van der Waals surface area contributed by atoms with Gasteiger partial charge in [0.1, 0.15) is 4.21 Å². The van der Waals surface area contributed by atoms with Crippen LogP contribution in [0.3, 0.4) is 0 Å². The smallest absolute Gasteiger partial charge is 0.339 e. The molecule has 0 aliphatic heterocycles. The summed E-state index contributed by atoms with van der Waals surface area (Å²) in [5, 5.41) is 4.20. The molecule has 1 heterocycles. The van der Waals surface area contributed by atoms with Gasteiger partial charge in [-0.05, 0) is 23.6 Å². The summed E-state index contributed by atoms with van der Waals surface area (Å²) in [6.07, 6.45) is 1.40. The molecule has 0 aliphatic rings. The van der Waals surface area contributed by atoms with Crippen molar-refractivity contribution >= 4 is 38.9 Å². The fourth-order valence-corrected chi connectivity index (χ4v) is 4.67. The molecule has 9 heteroatoms. The second-order valence-corrected chi connectivity index (χ2v) is 8.22. The topological polar surface area (TPSA) is 92.8 Å². The summed E-state index contributed by atoms with van der Waals surface area (Å²) in [6, 6.07) is 9.41. The van der Waals surface area contributed by atoms with Crippen molar-refractivity contribution in [3.8, 4) is 0 Å². The molecule has 0 saturated heterocycles. The van der Waals surface area contributed by atoms with E-state index in [9.17, 15) is 18.0 Å². The number of sulfonamides is 1. The van der Waals surface area contributed by atoms with E-state index in [1.807, 2.05) is 0 Å². The van der Waals surface area contributed by atoms with E-state index in [0.717, 1.165) is 15.6 Å². The van der Waals surface area contributed by atoms with Crippen LogP contribution in [0.5, 0.6) is 0 Å². The Balaban J connectivity index is 2.19. The maximum absolute atomic E-state index is 12.6. The number of hydrogen-bond donors (Lipinski definition) is 1. The van der Waals surface area contributed by atoms with E-state index in [0.29, 0.717) is 0 Å². The lowest BCUT2D eigenvalue weighted by molar-refractivity contribution is -0.116. The maximum atomic E-state index is 12.6. The molecular formula is C17H18N2O5S2. The van der Waals surface area contributed by atoms with E-state index in [-0.39, 0.29) is 22.0 Å². The SMILES string of the molecule is C=CCN(CC(=O)Nc1ccccc1C(=O)OC)S(=O)(=O)c1cccs1. The van der Waals surface area contributed by atoms with E-state index in [4.69, 9.17) is 0 Å². The number of anilines is 1. The largest absolute Gasteiger partial charge is 0.465 e. The zero-order chi connectivity index (χ0) is 19.2. The number of methoxy groups -OCH3 is 1. The monoisotopic (exact) mass is 394 g/mol. The second kappa shape index (κ2) is 8.75. The van der Waals surface area contributed by atoms with Crippen molar-refractivity contribution in [1.82, 2.24) is 4.31 Å². The Labute approximate surface area is 156 Å². The normalized spacial score (nSPS) is 11.2. The molecule has 0 bridgehead atoms. The maximum Gasteiger partial charge on any atom is 0.339 e. The lowest BCUT2D eigenvalue weighted by atomic mass is 10.2. The van der Waals surface area contributed by atoms with Gasteiger partial charge in [-0.3, -0.25) is 4.79 Å². The minimum atomic E-state index is -3.81. The van der Waals surface area contributed by atoms with Crippen molar-refractivity contribution in [2.24, 2.45) is 0 Å². The van der Waals surface area contributed by atoms with Gasteiger partial charge in [-0.25, -0.2) is 13.2 Å². The van der Waals surface area contributed by atoms with Crippen LogP contribution in [0.1, 0.15) is 10.4 Å². The van der Waals surface area contributed by atoms with Gasteiger partial charge in [0, 0.05) is 6.54 Å². The van der Waals surface area contributed by atoms with Crippen molar-refractivity contribution in [2.75, 3.05) is 25.5 Å². The molecule has 1 N–H and O–H groups in total. The Morgan fingerprint density at radius 2 is 2.00 bits per heavy atom. The van der Waals surface area contributed by atoms with Crippen LogP contribution in [0, 0.1) is 0 Å². The third kappa shape index (κ3) is 4.57. The molecule has 1 amide bonds. The van der Waals surface area contributed by atoms with Crippen LogP contribution in [-0.2, 0) is 19.6 Å². The highest BCUT2D eigenvalue weighted by molar-refractivity contribution is 7.91. The number of hydrogen-bond acceptors (Lipinski definition) is 6. The van der Waals surface area contributed by atoms with Crippen molar-refractivity contribution in [1.29, 1.82) is 0 Å². The number of thiophene rings is 1. The van der Waals surface area contributed by atoms with Crippen molar-refractivity contribution in [2.45, 2.75) is 4.21 Å². The van der Waals surface area contributed by atoms with E-state index in [1.54, 1.807) is 23.6 Å². The van der Waals surface area contributed by atoms with Gasteiger partial charge in [0.15, 0.2) is 0 Å². The van der Waals surface area contributed by atoms with Gasteiger partial charge in [-0.2, -0.15) is 4.31 Å². The molecule has 0 radical (unpaired) electrons. The summed E-state index contributed by atoms with van der Waals surface area (Å²) < 4.78 is 31.1. The van der Waals surface area contributed by atoms with Crippen LogP contribution < -0.4 is 5.32 Å². The van der Waals surface area contributed by atoms with Crippen LogP contribution in [0.25, 0.3) is 0 Å². The summed E-state index contributed by atoms with van der Waals surface area (Å²) in [4.78, 5) is 24.1. The fourth-order valence-electron chi connectivity index (χ4n) is 2.16. The molecular weight excluding hydrogens is 376 g/mol. The molecule has 1 aromatic heterocycles. The van der Waals surface area contributed by atoms with E-state index >= 15 is 0 Å². The lowest BCUT2D eigenvalue weighted by Gasteiger charge is -2.19. The molecule has 0 unspecified atom stereocenters. The summed E-state index contributed by atoms with van der Waals surface area (Å²) in [6.45, 7) is 3.10. The number of benzene rings is 1. The molecule has 0 spiro atoms. The molecule has 138 valence electrons. The molecule has 0 aliphatic carbocycles. The third-order valence-electron chi connectivity index (χ3n) is 3.35. The Morgan fingerprint density at radius 3 is 2.62 bits per heavy atom. The fraction of sp³-hybridized carbons (Fsp3) is 0.176. The third-order valence-corrected chi connectivity index (χ3v) is 6.53. The van der Waals surface area contributed by atoms with Crippen LogP contribution >= 0.6 is 11.3 Å². The predicted octanol–water partition coefficient (Wildman–Crippen LogP) is 2.35. The minimum absolute atomic E-state index is 0.0215. The number of carbonyl (C=O) groups excluding carboxylic acids is 2. The predicted molar refractivity (Wildman–Crippen MR) is 99.7 cm³/mol. The molecule has 26 heavy (non-hydrogen) atoms. The van der Waals surface area contributed by atoms with Crippen molar-refractivity contribution in [3.05, 3.63) is 60.0 Å². The van der Waals surface area contributed by atoms with Gasteiger partial charge in [0.2, 0.25) is 5.91 Å². The van der Waals surface area contributed by atoms with E-state index < -0.39 is 28.4 Å². The number of nitrogens with zero attached hydrogens (tertiary/aromatic N) is 1. The van der Waals surface area contributed by atoms with Crippen LogP contribution in [-0.4, -0.2) is 44.8 Å². The molecule has 2 aromatic rings. The first kappa shape index (κ1) is 19.8. The summed E-state index contributed by atoms with van der Waals surface area (Å²) >= 11 is 1.07. The summed E-state index contributed by atoms with van der Waals surface area (Å²) in [5.41, 5.74) is 0.427. The standard InChI is InChI=1S/C17H18N2O5S2/c1-3-10-19(26(22,23)16-9-6-11-25-16)12-15(20)18-14-8-5-4-7-13(14)17(21)24-2/h3-9,11H,1,10,12H2,2H3,(H,18,20). The Kier molecular flexibility index (Phi) is 6.67. The lowest BCUT2D eigenvalue weighted by Crippen LogP contribution is -2.38. The number of ether oxygens (including phenoxy) is 1. The van der Waals surface area contributed by atoms with E-state index in [1.165, 1.54) is 31.4 Å². The molecule has 7 nitrogen and oxygen atoms in total. The molecule has 0 atom stereocenters. The summed E-state index contributed by atoms with van der Waals surface area (Å²) in [5.74, 6) is -1.18. The highest BCUT2D eigenvalue weighted by atomic mass is 32.2. The first-order chi connectivity index (χ1) is 12.4. The highest BCUT2D eigenvalue weighted by Crippen LogP contribution is 2.21. The van der Waals surface area contributed by atoms with Gasteiger partial charge in [-0.15, -0.1) is 17.9 Å². The Morgan fingerprint density at radius 1 is 1.27 bits per heavy atom. The molecule has 2 rings (SSSR count). The van der Waals surface area contributed by atoms with Crippen molar-refractivity contribution in [3.63, 3.8) is 0 Å². The van der Waals surface area contributed by atoms with Gasteiger partial charge < -0.3 is 10.1 Å². The summed E-state index contributed by atoms with van der Waals surface area (Å²) in [7, 11) is -2.57. The molecule has 1 aromatic carbocycles. The van der Waals surface area contributed by atoms with Gasteiger partial charge in [0.25, 0.3) is 10.0 Å². The molecule has 0 fully saturated rings. The second-order valence-electron chi connectivity index (χ2n) is 5.10. The number of rotatable bonds is 8. The van der Waals surface area contributed by atoms with Crippen LogP contribution in [0.4, 0.5) is 5.69 Å². The van der Waals surface area contributed by atoms with Crippen LogP contribution in [0.2, 0.25) is 0 Å². The van der Waals surface area contributed by atoms with E-state index in [2.05, 4.69) is 16.6 Å².